The monoisotopic (exact) mass is 441 g/mol. The molecule has 33 heavy (non-hydrogen) atoms. The van der Waals surface area contributed by atoms with Crippen molar-refractivity contribution in [3.05, 3.63) is 95.2 Å². The Morgan fingerprint density at radius 3 is 2.24 bits per heavy atom. The Morgan fingerprint density at radius 1 is 0.970 bits per heavy atom. The summed E-state index contributed by atoms with van der Waals surface area (Å²) in [5, 5.41) is 13.0. The van der Waals surface area contributed by atoms with Crippen LogP contribution in [0, 0.1) is 6.92 Å². The van der Waals surface area contributed by atoms with Gasteiger partial charge in [0.1, 0.15) is 18.0 Å². The van der Waals surface area contributed by atoms with E-state index in [0.717, 1.165) is 27.6 Å². The van der Waals surface area contributed by atoms with Gasteiger partial charge in [0, 0.05) is 16.9 Å². The minimum absolute atomic E-state index is 0.0717. The van der Waals surface area contributed by atoms with Gasteiger partial charge >= 0.3 is 12.1 Å². The average Bonchev–Trinajstić information content (AvgIpc) is 3.31. The van der Waals surface area contributed by atoms with Crippen LogP contribution >= 0.6 is 0 Å². The Balaban J connectivity index is 1.36. The van der Waals surface area contributed by atoms with E-state index in [1.807, 2.05) is 48.5 Å². The third-order valence-corrected chi connectivity index (χ3v) is 6.18. The van der Waals surface area contributed by atoms with Gasteiger partial charge in [-0.1, -0.05) is 66.7 Å². The van der Waals surface area contributed by atoms with Crippen LogP contribution < -0.4 is 5.32 Å². The van der Waals surface area contributed by atoms with Crippen LogP contribution in [-0.4, -0.2) is 23.8 Å². The number of ether oxygens (including phenoxy) is 1. The van der Waals surface area contributed by atoms with E-state index in [0.29, 0.717) is 16.9 Å². The smallest absolute Gasteiger partial charge is 0.407 e. The molecule has 3 aromatic carbocycles. The second-order valence-electron chi connectivity index (χ2n) is 8.19. The number of aryl methyl sites for hydroxylation is 1. The van der Waals surface area contributed by atoms with Crippen LogP contribution in [0.3, 0.4) is 0 Å². The summed E-state index contributed by atoms with van der Waals surface area (Å²) in [5.41, 5.74) is 5.82. The lowest BCUT2D eigenvalue weighted by Crippen LogP contribution is -2.32. The molecule has 166 valence electrons. The first-order valence-corrected chi connectivity index (χ1v) is 10.8. The zero-order valence-corrected chi connectivity index (χ0v) is 18.1. The number of aliphatic carboxylic acids is 1. The van der Waals surface area contributed by atoms with Crippen molar-refractivity contribution in [2.75, 3.05) is 6.61 Å². The van der Waals surface area contributed by atoms with E-state index >= 15 is 0 Å². The second-order valence-corrected chi connectivity index (χ2v) is 8.19. The summed E-state index contributed by atoms with van der Waals surface area (Å²) in [5.74, 6) is -0.525. The highest BCUT2D eigenvalue weighted by atomic mass is 16.5. The molecule has 0 saturated carbocycles. The van der Waals surface area contributed by atoms with E-state index in [9.17, 15) is 14.7 Å². The van der Waals surface area contributed by atoms with Gasteiger partial charge in [-0.25, -0.2) is 4.79 Å². The molecule has 1 atom stereocenters. The topological polar surface area (TPSA) is 88.8 Å². The van der Waals surface area contributed by atoms with Gasteiger partial charge in [-0.3, -0.25) is 4.79 Å². The molecule has 1 aliphatic carbocycles. The Kier molecular flexibility index (Phi) is 5.34. The first-order chi connectivity index (χ1) is 16.0. The predicted octanol–water partition coefficient (Wildman–Crippen LogP) is 5.80. The Bertz CT molecular complexity index is 1310. The summed E-state index contributed by atoms with van der Waals surface area (Å²) in [6.45, 7) is 1.92. The number of benzene rings is 3. The van der Waals surface area contributed by atoms with E-state index < -0.39 is 18.1 Å². The standard InChI is InChI=1S/C27H23NO5/c1-16-26(21-12-6-7-13-24(21)33-16)23(14-25(29)30)28-27(31)32-15-22-19-10-4-2-8-17(19)18-9-3-5-11-20(18)22/h2-13,22-23H,14-15H2,1H3,(H,28,31)(H,29,30)/t23-/m0/s1. The zero-order valence-electron chi connectivity index (χ0n) is 18.1. The maximum atomic E-state index is 12.8. The highest BCUT2D eigenvalue weighted by Crippen LogP contribution is 2.44. The molecule has 1 aliphatic rings. The predicted molar refractivity (Wildman–Crippen MR) is 124 cm³/mol. The molecular formula is C27H23NO5. The molecule has 5 rings (SSSR count). The van der Waals surface area contributed by atoms with Crippen LogP contribution in [0.4, 0.5) is 4.79 Å². The van der Waals surface area contributed by atoms with Crippen LogP contribution in [0.25, 0.3) is 22.1 Å². The molecular weight excluding hydrogens is 418 g/mol. The maximum absolute atomic E-state index is 12.8. The minimum Gasteiger partial charge on any atom is -0.481 e. The van der Waals surface area contributed by atoms with Gasteiger partial charge in [-0.05, 0) is 35.2 Å². The number of carboxylic acids is 1. The summed E-state index contributed by atoms with van der Waals surface area (Å²) >= 11 is 0. The number of carbonyl (C=O) groups excluding carboxylic acids is 1. The number of hydrogen-bond acceptors (Lipinski definition) is 4. The van der Waals surface area contributed by atoms with Crippen LogP contribution in [0.2, 0.25) is 0 Å². The number of hydrogen-bond donors (Lipinski definition) is 2. The summed E-state index contributed by atoms with van der Waals surface area (Å²) in [6, 6.07) is 22.8. The number of para-hydroxylation sites is 1. The molecule has 0 unspecified atom stereocenters. The van der Waals surface area contributed by atoms with Crippen LogP contribution in [0.15, 0.2) is 77.2 Å². The molecule has 4 aromatic rings. The lowest BCUT2D eigenvalue weighted by molar-refractivity contribution is -0.137. The van der Waals surface area contributed by atoms with Crippen molar-refractivity contribution in [2.24, 2.45) is 0 Å². The third kappa shape index (κ3) is 3.84. The van der Waals surface area contributed by atoms with Crippen molar-refractivity contribution in [2.45, 2.75) is 25.3 Å². The third-order valence-electron chi connectivity index (χ3n) is 6.18. The fraction of sp³-hybridized carbons (Fsp3) is 0.185. The first-order valence-electron chi connectivity index (χ1n) is 10.8. The first kappa shape index (κ1) is 20.8. The van der Waals surface area contributed by atoms with Gasteiger partial charge in [0.05, 0.1) is 12.5 Å². The van der Waals surface area contributed by atoms with Crippen molar-refractivity contribution in [1.29, 1.82) is 0 Å². The molecule has 1 amide bonds. The minimum atomic E-state index is -1.02. The van der Waals surface area contributed by atoms with Crippen LogP contribution in [-0.2, 0) is 9.53 Å². The molecule has 0 aliphatic heterocycles. The van der Waals surface area contributed by atoms with E-state index in [1.165, 1.54) is 0 Å². The van der Waals surface area contributed by atoms with Gasteiger partial charge < -0.3 is 19.6 Å². The quantitative estimate of drug-likeness (QED) is 0.395. The largest absolute Gasteiger partial charge is 0.481 e. The second kappa shape index (κ2) is 8.47. The Morgan fingerprint density at radius 2 is 1.58 bits per heavy atom. The molecule has 0 saturated heterocycles. The van der Waals surface area contributed by atoms with Crippen molar-refractivity contribution < 1.29 is 23.8 Å². The lowest BCUT2D eigenvalue weighted by Gasteiger charge is -2.19. The number of carbonyl (C=O) groups is 2. The van der Waals surface area contributed by atoms with E-state index in [1.54, 1.807) is 6.92 Å². The van der Waals surface area contributed by atoms with E-state index in [2.05, 4.69) is 29.6 Å². The molecule has 0 fully saturated rings. The van der Waals surface area contributed by atoms with Gasteiger partial charge in [-0.2, -0.15) is 0 Å². The van der Waals surface area contributed by atoms with E-state index in [4.69, 9.17) is 9.15 Å². The van der Waals surface area contributed by atoms with E-state index in [-0.39, 0.29) is 18.9 Å². The average molecular weight is 441 g/mol. The molecule has 2 N–H and O–H groups in total. The molecule has 0 radical (unpaired) electrons. The van der Waals surface area contributed by atoms with Gasteiger partial charge in [0.25, 0.3) is 0 Å². The number of fused-ring (bicyclic) bond motifs is 4. The van der Waals surface area contributed by atoms with Crippen molar-refractivity contribution in [3.63, 3.8) is 0 Å². The Hall–Kier alpha value is -4.06. The molecule has 1 aromatic heterocycles. The van der Waals surface area contributed by atoms with Crippen molar-refractivity contribution in [1.82, 2.24) is 5.32 Å². The number of furan rings is 1. The number of alkyl carbamates (subject to hydrolysis) is 1. The summed E-state index contributed by atoms with van der Waals surface area (Å²) < 4.78 is 11.4. The van der Waals surface area contributed by atoms with Crippen LogP contribution in [0.1, 0.15) is 40.8 Å². The summed E-state index contributed by atoms with van der Waals surface area (Å²) in [6.07, 6.45) is -0.943. The lowest BCUT2D eigenvalue weighted by atomic mass is 9.98. The highest BCUT2D eigenvalue weighted by Gasteiger charge is 2.30. The van der Waals surface area contributed by atoms with Gasteiger partial charge in [0.2, 0.25) is 0 Å². The van der Waals surface area contributed by atoms with Gasteiger partial charge in [0.15, 0.2) is 0 Å². The number of amides is 1. The molecule has 6 nitrogen and oxygen atoms in total. The SMILES string of the molecule is Cc1oc2ccccc2c1[C@H](CC(=O)O)NC(=O)OCC1c2ccccc2-c2ccccc21. The van der Waals surface area contributed by atoms with Crippen molar-refractivity contribution in [3.8, 4) is 11.1 Å². The Labute approximate surface area is 190 Å². The summed E-state index contributed by atoms with van der Waals surface area (Å²) in [7, 11) is 0. The molecule has 0 bridgehead atoms. The number of nitrogens with one attached hydrogen (secondary N) is 1. The zero-order chi connectivity index (χ0) is 22.9. The fourth-order valence-electron chi connectivity index (χ4n) is 4.80. The maximum Gasteiger partial charge on any atom is 0.407 e. The molecule has 6 heteroatoms. The number of carboxylic acid groups (broad SMARTS) is 1. The fourth-order valence-corrected chi connectivity index (χ4v) is 4.80. The molecule has 1 heterocycles. The summed E-state index contributed by atoms with van der Waals surface area (Å²) in [4.78, 5) is 24.4. The highest BCUT2D eigenvalue weighted by molar-refractivity contribution is 5.85. The van der Waals surface area contributed by atoms with Crippen LogP contribution in [0.5, 0.6) is 0 Å². The molecule has 0 spiro atoms. The van der Waals surface area contributed by atoms with Crippen molar-refractivity contribution >= 4 is 23.0 Å². The normalized spacial score (nSPS) is 13.4. The number of rotatable bonds is 6. The van der Waals surface area contributed by atoms with Gasteiger partial charge in [-0.15, -0.1) is 0 Å².